The lowest BCUT2D eigenvalue weighted by Crippen LogP contribution is -2.40. The zero-order valence-corrected chi connectivity index (χ0v) is 16.9. The van der Waals surface area contributed by atoms with Gasteiger partial charge in [-0.25, -0.2) is 14.6 Å². The van der Waals surface area contributed by atoms with E-state index in [4.69, 9.17) is 0 Å². The standard InChI is InChI=1S/C20H26FN5O3/c1-13(14-6-7-16(15(21)12-14)25-9-4-5-10-25)23-24-17(27)8-11-26-18(28)20(2,3)22-19(26)29/h6-7,12H,4-5,8-11H2,1-3H3,(H,22,29)(H,24,27)/b23-13-. The van der Waals surface area contributed by atoms with Gasteiger partial charge in [0.25, 0.3) is 5.91 Å². The van der Waals surface area contributed by atoms with Gasteiger partial charge in [0.15, 0.2) is 0 Å². The first-order valence-electron chi connectivity index (χ1n) is 9.71. The number of imide groups is 1. The van der Waals surface area contributed by atoms with Crippen molar-refractivity contribution in [2.45, 2.75) is 45.6 Å². The molecule has 0 saturated carbocycles. The quantitative estimate of drug-likeness (QED) is 0.431. The molecule has 0 aromatic heterocycles. The second kappa shape index (κ2) is 8.18. The van der Waals surface area contributed by atoms with E-state index in [-0.39, 0.29) is 24.7 Å². The molecule has 4 amide bonds. The Bertz CT molecular complexity index is 862. The van der Waals surface area contributed by atoms with Gasteiger partial charge in [-0.15, -0.1) is 0 Å². The first kappa shape index (κ1) is 20.8. The van der Waals surface area contributed by atoms with E-state index in [1.54, 1.807) is 32.9 Å². The molecule has 0 atom stereocenters. The molecule has 0 unspecified atom stereocenters. The number of halogens is 1. The van der Waals surface area contributed by atoms with Gasteiger partial charge >= 0.3 is 6.03 Å². The zero-order valence-electron chi connectivity index (χ0n) is 16.9. The number of hydrogen-bond acceptors (Lipinski definition) is 5. The summed E-state index contributed by atoms with van der Waals surface area (Å²) in [4.78, 5) is 39.0. The molecule has 8 nitrogen and oxygen atoms in total. The Balaban J connectivity index is 1.55. The second-order valence-electron chi connectivity index (χ2n) is 7.85. The maximum Gasteiger partial charge on any atom is 0.325 e. The molecule has 2 heterocycles. The van der Waals surface area contributed by atoms with E-state index in [1.165, 1.54) is 6.07 Å². The molecule has 1 aromatic rings. The van der Waals surface area contributed by atoms with Crippen LogP contribution in [0.3, 0.4) is 0 Å². The lowest BCUT2D eigenvalue weighted by molar-refractivity contribution is -0.130. The highest BCUT2D eigenvalue weighted by Gasteiger charge is 2.43. The van der Waals surface area contributed by atoms with Crippen LogP contribution in [-0.2, 0) is 9.59 Å². The average molecular weight is 403 g/mol. The number of hydrazone groups is 1. The molecule has 0 aliphatic carbocycles. The van der Waals surface area contributed by atoms with Crippen molar-refractivity contribution in [1.29, 1.82) is 0 Å². The Hall–Kier alpha value is -2.97. The number of amides is 4. The Morgan fingerprint density at radius 2 is 1.97 bits per heavy atom. The van der Waals surface area contributed by atoms with Crippen molar-refractivity contribution in [2.24, 2.45) is 5.10 Å². The fourth-order valence-corrected chi connectivity index (χ4v) is 3.45. The molecule has 156 valence electrons. The fraction of sp³-hybridized carbons (Fsp3) is 0.500. The topological polar surface area (TPSA) is 94.1 Å². The summed E-state index contributed by atoms with van der Waals surface area (Å²) in [6.07, 6.45) is 2.06. The minimum Gasteiger partial charge on any atom is -0.369 e. The maximum absolute atomic E-state index is 14.4. The van der Waals surface area contributed by atoms with Gasteiger partial charge in [0.1, 0.15) is 11.4 Å². The van der Waals surface area contributed by atoms with Crippen molar-refractivity contribution in [1.82, 2.24) is 15.6 Å². The van der Waals surface area contributed by atoms with Crippen LogP contribution in [0.4, 0.5) is 14.9 Å². The van der Waals surface area contributed by atoms with Crippen molar-refractivity contribution in [2.75, 3.05) is 24.5 Å². The van der Waals surface area contributed by atoms with E-state index in [1.807, 2.05) is 4.90 Å². The normalized spacial score (nSPS) is 19.0. The van der Waals surface area contributed by atoms with Crippen LogP contribution in [0.25, 0.3) is 0 Å². The minimum atomic E-state index is -0.965. The first-order chi connectivity index (χ1) is 13.7. The summed E-state index contributed by atoms with van der Waals surface area (Å²) in [5.74, 6) is -1.13. The number of hydrogen-bond donors (Lipinski definition) is 2. The van der Waals surface area contributed by atoms with Gasteiger partial charge in [0, 0.05) is 31.6 Å². The molecule has 2 aliphatic rings. The summed E-state index contributed by atoms with van der Waals surface area (Å²) in [5, 5.41) is 6.56. The average Bonchev–Trinajstić information content (AvgIpc) is 3.25. The SMILES string of the molecule is C/C(=N/NC(=O)CCN1C(=O)NC(C)(C)C1=O)c1ccc(N2CCCC2)c(F)c1. The highest BCUT2D eigenvalue weighted by atomic mass is 19.1. The summed E-state index contributed by atoms with van der Waals surface area (Å²) < 4.78 is 14.4. The first-order valence-corrected chi connectivity index (χ1v) is 9.71. The maximum atomic E-state index is 14.4. The summed E-state index contributed by atoms with van der Waals surface area (Å²) in [6.45, 7) is 6.56. The molecular weight excluding hydrogens is 377 g/mol. The van der Waals surface area contributed by atoms with Crippen molar-refractivity contribution < 1.29 is 18.8 Å². The molecule has 2 N–H and O–H groups in total. The van der Waals surface area contributed by atoms with E-state index in [0.29, 0.717) is 17.0 Å². The predicted octanol–water partition coefficient (Wildman–Crippen LogP) is 1.99. The van der Waals surface area contributed by atoms with Crippen LogP contribution < -0.4 is 15.6 Å². The van der Waals surface area contributed by atoms with E-state index >= 15 is 0 Å². The van der Waals surface area contributed by atoms with Crippen molar-refractivity contribution in [3.8, 4) is 0 Å². The Morgan fingerprint density at radius 1 is 1.28 bits per heavy atom. The smallest absolute Gasteiger partial charge is 0.325 e. The summed E-state index contributed by atoms with van der Waals surface area (Å²) in [5.41, 5.74) is 3.04. The van der Waals surface area contributed by atoms with Crippen LogP contribution in [0.15, 0.2) is 23.3 Å². The zero-order chi connectivity index (χ0) is 21.2. The van der Waals surface area contributed by atoms with Gasteiger partial charge < -0.3 is 10.2 Å². The van der Waals surface area contributed by atoms with Gasteiger partial charge in [-0.2, -0.15) is 5.10 Å². The van der Waals surface area contributed by atoms with Crippen LogP contribution in [-0.4, -0.2) is 53.6 Å². The lowest BCUT2D eigenvalue weighted by Gasteiger charge is -2.18. The minimum absolute atomic E-state index is 0.0341. The number of rotatable bonds is 6. The predicted molar refractivity (Wildman–Crippen MR) is 107 cm³/mol. The van der Waals surface area contributed by atoms with E-state index in [2.05, 4.69) is 15.8 Å². The van der Waals surface area contributed by atoms with E-state index in [0.717, 1.165) is 30.8 Å². The molecule has 0 radical (unpaired) electrons. The van der Waals surface area contributed by atoms with Crippen LogP contribution in [0.1, 0.15) is 45.6 Å². The number of anilines is 1. The monoisotopic (exact) mass is 403 g/mol. The number of carbonyl (C=O) groups is 3. The molecule has 1 aromatic carbocycles. The number of urea groups is 1. The van der Waals surface area contributed by atoms with Crippen molar-refractivity contribution in [3.63, 3.8) is 0 Å². The highest BCUT2D eigenvalue weighted by Crippen LogP contribution is 2.24. The molecule has 29 heavy (non-hydrogen) atoms. The van der Waals surface area contributed by atoms with Gasteiger partial charge in [-0.1, -0.05) is 6.07 Å². The lowest BCUT2D eigenvalue weighted by atomic mass is 10.1. The van der Waals surface area contributed by atoms with Gasteiger partial charge in [-0.3, -0.25) is 14.5 Å². The van der Waals surface area contributed by atoms with Crippen molar-refractivity contribution >= 4 is 29.2 Å². The van der Waals surface area contributed by atoms with E-state index in [9.17, 15) is 18.8 Å². The fourth-order valence-electron chi connectivity index (χ4n) is 3.45. The largest absolute Gasteiger partial charge is 0.369 e. The molecule has 0 bridgehead atoms. The number of carbonyl (C=O) groups excluding carboxylic acids is 3. The second-order valence-corrected chi connectivity index (χ2v) is 7.85. The third-order valence-electron chi connectivity index (χ3n) is 5.17. The Labute approximate surface area is 169 Å². The summed E-state index contributed by atoms with van der Waals surface area (Å²) in [6, 6.07) is 4.40. The molecular formula is C20H26FN5O3. The van der Waals surface area contributed by atoms with Gasteiger partial charge in [0.05, 0.1) is 11.4 Å². The van der Waals surface area contributed by atoms with Gasteiger partial charge in [0.2, 0.25) is 5.91 Å². The molecule has 2 saturated heterocycles. The van der Waals surface area contributed by atoms with Crippen LogP contribution in [0.2, 0.25) is 0 Å². The molecule has 3 rings (SSSR count). The van der Waals surface area contributed by atoms with Crippen molar-refractivity contribution in [3.05, 3.63) is 29.6 Å². The summed E-state index contributed by atoms with van der Waals surface area (Å²) in [7, 11) is 0. The van der Waals surface area contributed by atoms with Crippen LogP contribution in [0.5, 0.6) is 0 Å². The van der Waals surface area contributed by atoms with Crippen LogP contribution >= 0.6 is 0 Å². The van der Waals surface area contributed by atoms with E-state index < -0.39 is 17.5 Å². The molecule has 2 fully saturated rings. The van der Waals surface area contributed by atoms with Gasteiger partial charge in [-0.05, 0) is 45.7 Å². The molecule has 0 spiro atoms. The Morgan fingerprint density at radius 3 is 2.55 bits per heavy atom. The number of nitrogens with one attached hydrogen (secondary N) is 2. The highest BCUT2D eigenvalue weighted by molar-refractivity contribution is 6.06. The third kappa shape index (κ3) is 4.55. The third-order valence-corrected chi connectivity index (χ3v) is 5.17. The molecule has 2 aliphatic heterocycles. The number of benzene rings is 1. The summed E-state index contributed by atoms with van der Waals surface area (Å²) >= 11 is 0. The molecule has 9 heteroatoms. The van der Waals surface area contributed by atoms with Crippen LogP contribution in [0, 0.1) is 5.82 Å². The Kier molecular flexibility index (Phi) is 5.86. The number of nitrogens with zero attached hydrogens (tertiary/aromatic N) is 3.